The lowest BCUT2D eigenvalue weighted by Gasteiger charge is -2.23. The van der Waals surface area contributed by atoms with Crippen LogP contribution < -0.4 is 4.90 Å². The molecular formula is C17H17N3S2. The molecule has 4 rings (SSSR count). The molecule has 2 aromatic heterocycles. The van der Waals surface area contributed by atoms with Crippen LogP contribution in [0.4, 0.5) is 5.82 Å². The van der Waals surface area contributed by atoms with Gasteiger partial charge in [-0.15, -0.1) is 0 Å². The smallest absolute Gasteiger partial charge is 0.162 e. The zero-order valence-electron chi connectivity index (χ0n) is 12.2. The monoisotopic (exact) mass is 327 g/mol. The molecule has 0 aliphatic carbocycles. The van der Waals surface area contributed by atoms with Gasteiger partial charge in [0.05, 0.1) is 5.52 Å². The summed E-state index contributed by atoms with van der Waals surface area (Å²) < 4.78 is 0. The second-order valence-electron chi connectivity index (χ2n) is 5.35. The number of aromatic nitrogens is 2. The minimum atomic E-state index is 0.840. The summed E-state index contributed by atoms with van der Waals surface area (Å²) in [5.41, 5.74) is 2.15. The molecule has 3 nitrogen and oxygen atoms in total. The Morgan fingerprint density at radius 1 is 1.00 bits per heavy atom. The first-order valence-electron chi connectivity index (χ1n) is 7.54. The average Bonchev–Trinajstić information content (AvgIpc) is 2.97. The van der Waals surface area contributed by atoms with E-state index in [1.54, 1.807) is 11.3 Å². The highest BCUT2D eigenvalue weighted by atomic mass is 32.2. The Morgan fingerprint density at radius 3 is 2.86 bits per heavy atom. The first-order valence-corrected chi connectivity index (χ1v) is 9.63. The SMILES string of the molecule is c1ccc2c(N3CCCSCC3)nc(-c3ccsc3)nc2c1. The van der Waals surface area contributed by atoms with Gasteiger partial charge in [0.15, 0.2) is 5.82 Å². The number of anilines is 1. The molecule has 1 fully saturated rings. The van der Waals surface area contributed by atoms with Crippen molar-refractivity contribution in [3.05, 3.63) is 41.1 Å². The van der Waals surface area contributed by atoms with E-state index in [9.17, 15) is 0 Å². The standard InChI is InChI=1S/C17H17N3S2/c1-2-5-15-14(4-1)17(20-7-3-9-21-11-8-20)19-16(18-15)13-6-10-22-12-13/h1-2,4-6,10,12H,3,7-9,11H2. The van der Waals surface area contributed by atoms with Gasteiger partial charge < -0.3 is 4.90 Å². The van der Waals surface area contributed by atoms with Crippen LogP contribution in [0.5, 0.6) is 0 Å². The summed E-state index contributed by atoms with van der Waals surface area (Å²) in [6.07, 6.45) is 1.22. The number of hydrogen-bond donors (Lipinski definition) is 0. The normalized spacial score (nSPS) is 15.9. The summed E-state index contributed by atoms with van der Waals surface area (Å²) in [5.74, 6) is 4.35. The number of para-hydroxylation sites is 1. The lowest BCUT2D eigenvalue weighted by atomic mass is 10.2. The van der Waals surface area contributed by atoms with Crippen molar-refractivity contribution in [2.24, 2.45) is 0 Å². The van der Waals surface area contributed by atoms with E-state index < -0.39 is 0 Å². The van der Waals surface area contributed by atoms with E-state index in [4.69, 9.17) is 9.97 Å². The van der Waals surface area contributed by atoms with Crippen molar-refractivity contribution >= 4 is 39.8 Å². The summed E-state index contributed by atoms with van der Waals surface area (Å²) in [4.78, 5) is 12.1. The lowest BCUT2D eigenvalue weighted by molar-refractivity contribution is 0.804. The molecule has 3 aromatic rings. The Bertz CT molecular complexity index is 763. The number of rotatable bonds is 2. The van der Waals surface area contributed by atoms with Gasteiger partial charge in [-0.3, -0.25) is 0 Å². The topological polar surface area (TPSA) is 29.0 Å². The van der Waals surface area contributed by atoms with E-state index >= 15 is 0 Å². The molecule has 3 heterocycles. The van der Waals surface area contributed by atoms with Crippen LogP contribution in [0.25, 0.3) is 22.3 Å². The van der Waals surface area contributed by atoms with Crippen LogP contribution in [0.1, 0.15) is 6.42 Å². The third-order valence-electron chi connectivity index (χ3n) is 3.88. The molecule has 0 radical (unpaired) electrons. The quantitative estimate of drug-likeness (QED) is 0.702. The van der Waals surface area contributed by atoms with Gasteiger partial charge in [0.25, 0.3) is 0 Å². The number of nitrogens with zero attached hydrogens (tertiary/aromatic N) is 3. The van der Waals surface area contributed by atoms with Gasteiger partial charge in [-0.2, -0.15) is 23.1 Å². The van der Waals surface area contributed by atoms with Gasteiger partial charge in [0.2, 0.25) is 0 Å². The average molecular weight is 327 g/mol. The molecule has 0 atom stereocenters. The van der Waals surface area contributed by atoms with Crippen LogP contribution in [-0.2, 0) is 0 Å². The van der Waals surface area contributed by atoms with Gasteiger partial charge in [0, 0.05) is 35.2 Å². The van der Waals surface area contributed by atoms with Gasteiger partial charge in [-0.1, -0.05) is 12.1 Å². The Morgan fingerprint density at radius 2 is 1.95 bits per heavy atom. The van der Waals surface area contributed by atoms with Crippen LogP contribution in [-0.4, -0.2) is 34.6 Å². The van der Waals surface area contributed by atoms with Crippen molar-refractivity contribution in [1.29, 1.82) is 0 Å². The molecule has 0 saturated carbocycles. The third kappa shape index (κ3) is 2.71. The Kier molecular flexibility index (Phi) is 3.99. The highest BCUT2D eigenvalue weighted by molar-refractivity contribution is 7.99. The maximum Gasteiger partial charge on any atom is 0.162 e. The van der Waals surface area contributed by atoms with E-state index in [0.717, 1.165) is 41.2 Å². The second kappa shape index (κ2) is 6.26. The highest BCUT2D eigenvalue weighted by Gasteiger charge is 2.17. The predicted octanol–water partition coefficient (Wildman–Crippen LogP) is 4.30. The predicted molar refractivity (Wildman–Crippen MR) is 97.0 cm³/mol. The minimum Gasteiger partial charge on any atom is -0.355 e. The van der Waals surface area contributed by atoms with E-state index in [2.05, 4.69) is 46.0 Å². The van der Waals surface area contributed by atoms with E-state index in [-0.39, 0.29) is 0 Å². The summed E-state index contributed by atoms with van der Waals surface area (Å²) in [5, 5.41) is 5.36. The number of hydrogen-bond acceptors (Lipinski definition) is 5. The molecule has 5 heteroatoms. The summed E-state index contributed by atoms with van der Waals surface area (Å²) in [6, 6.07) is 10.4. The lowest BCUT2D eigenvalue weighted by Crippen LogP contribution is -2.27. The van der Waals surface area contributed by atoms with Gasteiger partial charge in [-0.05, 0) is 35.8 Å². The van der Waals surface area contributed by atoms with Crippen molar-refractivity contribution < 1.29 is 0 Å². The fraction of sp³-hybridized carbons (Fsp3) is 0.294. The molecule has 0 amide bonds. The Labute approximate surface area is 138 Å². The number of thiophene rings is 1. The van der Waals surface area contributed by atoms with Gasteiger partial charge in [-0.25, -0.2) is 9.97 Å². The van der Waals surface area contributed by atoms with Crippen LogP contribution in [0.3, 0.4) is 0 Å². The first kappa shape index (κ1) is 14.0. The summed E-state index contributed by atoms with van der Waals surface area (Å²) in [6.45, 7) is 2.14. The molecule has 1 saturated heterocycles. The van der Waals surface area contributed by atoms with Crippen molar-refractivity contribution in [2.45, 2.75) is 6.42 Å². The maximum atomic E-state index is 4.92. The van der Waals surface area contributed by atoms with Crippen LogP contribution in [0, 0.1) is 0 Å². The van der Waals surface area contributed by atoms with Gasteiger partial charge >= 0.3 is 0 Å². The van der Waals surface area contributed by atoms with E-state index in [1.807, 2.05) is 11.8 Å². The molecule has 0 spiro atoms. The fourth-order valence-corrected chi connectivity index (χ4v) is 4.30. The second-order valence-corrected chi connectivity index (χ2v) is 7.36. The molecule has 0 unspecified atom stereocenters. The van der Waals surface area contributed by atoms with Crippen LogP contribution in [0.2, 0.25) is 0 Å². The third-order valence-corrected chi connectivity index (χ3v) is 5.62. The molecule has 0 N–H and O–H groups in total. The van der Waals surface area contributed by atoms with Crippen molar-refractivity contribution in [3.8, 4) is 11.4 Å². The molecular weight excluding hydrogens is 310 g/mol. The zero-order chi connectivity index (χ0) is 14.8. The van der Waals surface area contributed by atoms with E-state index in [1.165, 1.54) is 17.9 Å². The molecule has 22 heavy (non-hydrogen) atoms. The maximum absolute atomic E-state index is 4.92. The molecule has 1 aromatic carbocycles. The van der Waals surface area contributed by atoms with Gasteiger partial charge in [0.1, 0.15) is 5.82 Å². The number of fused-ring (bicyclic) bond motifs is 1. The summed E-state index contributed by atoms with van der Waals surface area (Å²) >= 11 is 3.73. The van der Waals surface area contributed by atoms with Crippen molar-refractivity contribution in [1.82, 2.24) is 9.97 Å². The molecule has 1 aliphatic heterocycles. The van der Waals surface area contributed by atoms with Crippen LogP contribution >= 0.6 is 23.1 Å². The van der Waals surface area contributed by atoms with E-state index in [0.29, 0.717) is 0 Å². The minimum absolute atomic E-state index is 0.840. The van der Waals surface area contributed by atoms with Crippen LogP contribution in [0.15, 0.2) is 41.1 Å². The zero-order valence-corrected chi connectivity index (χ0v) is 13.9. The Balaban J connectivity index is 1.87. The highest BCUT2D eigenvalue weighted by Crippen LogP contribution is 2.29. The summed E-state index contributed by atoms with van der Waals surface area (Å²) in [7, 11) is 0. The number of benzene rings is 1. The van der Waals surface area contributed by atoms with Crippen molar-refractivity contribution in [2.75, 3.05) is 29.5 Å². The molecule has 112 valence electrons. The fourth-order valence-electron chi connectivity index (χ4n) is 2.78. The van der Waals surface area contributed by atoms with Crippen molar-refractivity contribution in [3.63, 3.8) is 0 Å². The molecule has 0 bridgehead atoms. The number of thioether (sulfide) groups is 1. The first-order chi connectivity index (χ1) is 10.9. The molecule has 1 aliphatic rings. The Hall–Kier alpha value is -1.59. The largest absolute Gasteiger partial charge is 0.355 e.